The first kappa shape index (κ1) is 14.0. The second-order valence-corrected chi connectivity index (χ2v) is 5.20. The fourth-order valence-electron chi connectivity index (χ4n) is 1.59. The zero-order valence-electron chi connectivity index (χ0n) is 10.2. The van der Waals surface area contributed by atoms with Crippen molar-refractivity contribution in [3.8, 4) is 5.75 Å². The molecule has 104 valence electrons. The van der Waals surface area contributed by atoms with E-state index in [9.17, 15) is 13.2 Å². The van der Waals surface area contributed by atoms with Crippen molar-refractivity contribution in [1.82, 2.24) is 0 Å². The molecule has 1 aliphatic rings. The highest BCUT2D eigenvalue weighted by Gasteiger charge is 2.31. The molecule has 1 aliphatic heterocycles. The van der Waals surface area contributed by atoms with Crippen LogP contribution < -0.4 is 10.1 Å². The smallest absolute Gasteiger partial charge is 0.406 e. The number of aliphatic imine (C=N–C) groups is 1. The summed E-state index contributed by atoms with van der Waals surface area (Å²) < 4.78 is 40.2. The molecule has 0 saturated heterocycles. The summed E-state index contributed by atoms with van der Waals surface area (Å²) in [7, 11) is 0. The van der Waals surface area contributed by atoms with Gasteiger partial charge in [-0.05, 0) is 25.5 Å². The second-order valence-electron chi connectivity index (χ2n) is 4.12. The summed E-state index contributed by atoms with van der Waals surface area (Å²) in [6.07, 6.45) is -3.67. The van der Waals surface area contributed by atoms with E-state index < -0.39 is 6.36 Å². The lowest BCUT2D eigenvalue weighted by Gasteiger charge is -2.18. The van der Waals surface area contributed by atoms with Crippen molar-refractivity contribution < 1.29 is 17.9 Å². The molecule has 1 heterocycles. The Hall–Kier alpha value is -1.37. The summed E-state index contributed by atoms with van der Waals surface area (Å²) in [6.45, 7) is 2.00. The predicted molar refractivity (Wildman–Crippen MR) is 70.7 cm³/mol. The molecule has 0 fully saturated rings. The van der Waals surface area contributed by atoms with Gasteiger partial charge in [-0.2, -0.15) is 0 Å². The SMILES string of the molecule is CC1CCSC(Nc2cccc(OC(F)(F)F)c2)=N1. The van der Waals surface area contributed by atoms with Crippen LogP contribution in [0.5, 0.6) is 5.75 Å². The van der Waals surface area contributed by atoms with Gasteiger partial charge in [0.05, 0.1) is 6.04 Å². The molecule has 0 radical (unpaired) electrons. The molecule has 0 spiro atoms. The van der Waals surface area contributed by atoms with Crippen molar-refractivity contribution in [3.05, 3.63) is 24.3 Å². The summed E-state index contributed by atoms with van der Waals surface area (Å²) in [5, 5.41) is 3.73. The number of ether oxygens (including phenoxy) is 1. The molecule has 0 saturated carbocycles. The maximum atomic E-state index is 12.1. The topological polar surface area (TPSA) is 33.6 Å². The maximum absolute atomic E-state index is 12.1. The molecule has 19 heavy (non-hydrogen) atoms. The Labute approximate surface area is 113 Å². The Kier molecular flexibility index (Phi) is 4.24. The van der Waals surface area contributed by atoms with Gasteiger partial charge in [-0.15, -0.1) is 13.2 Å². The molecule has 0 aliphatic carbocycles. The van der Waals surface area contributed by atoms with Gasteiger partial charge in [-0.3, -0.25) is 4.99 Å². The molecule has 3 nitrogen and oxygen atoms in total. The summed E-state index contributed by atoms with van der Waals surface area (Å²) >= 11 is 1.56. The van der Waals surface area contributed by atoms with Crippen LogP contribution in [0.25, 0.3) is 0 Å². The number of nitrogens with zero attached hydrogens (tertiary/aromatic N) is 1. The van der Waals surface area contributed by atoms with E-state index >= 15 is 0 Å². The van der Waals surface area contributed by atoms with E-state index in [1.165, 1.54) is 18.2 Å². The van der Waals surface area contributed by atoms with Crippen LogP contribution in [0.4, 0.5) is 18.9 Å². The van der Waals surface area contributed by atoms with E-state index in [1.807, 2.05) is 6.92 Å². The normalized spacial score (nSPS) is 19.8. The molecule has 7 heteroatoms. The van der Waals surface area contributed by atoms with Crippen LogP contribution in [0, 0.1) is 0 Å². The van der Waals surface area contributed by atoms with Crippen molar-refractivity contribution in [2.45, 2.75) is 25.7 Å². The average Bonchev–Trinajstić information content (AvgIpc) is 2.27. The average molecular weight is 290 g/mol. The number of halogens is 3. The van der Waals surface area contributed by atoms with E-state index in [0.717, 1.165) is 17.3 Å². The third kappa shape index (κ3) is 4.66. The van der Waals surface area contributed by atoms with Gasteiger partial charge in [0.25, 0.3) is 0 Å². The lowest BCUT2D eigenvalue weighted by molar-refractivity contribution is -0.274. The molecule has 0 aromatic heterocycles. The zero-order valence-corrected chi connectivity index (χ0v) is 11.0. The van der Waals surface area contributed by atoms with Crippen LogP contribution in [-0.4, -0.2) is 23.3 Å². The van der Waals surface area contributed by atoms with Gasteiger partial charge in [0, 0.05) is 17.5 Å². The second kappa shape index (κ2) is 5.73. The lowest BCUT2D eigenvalue weighted by Crippen LogP contribution is -2.19. The molecule has 1 N–H and O–H groups in total. The number of benzene rings is 1. The minimum Gasteiger partial charge on any atom is -0.406 e. The van der Waals surface area contributed by atoms with E-state index in [1.54, 1.807) is 17.8 Å². The Balaban J connectivity index is 2.07. The Morgan fingerprint density at radius 2 is 2.21 bits per heavy atom. The maximum Gasteiger partial charge on any atom is 0.573 e. The first-order chi connectivity index (χ1) is 8.92. The van der Waals surface area contributed by atoms with Gasteiger partial charge in [0.15, 0.2) is 5.17 Å². The van der Waals surface area contributed by atoms with Crippen molar-refractivity contribution in [2.75, 3.05) is 11.1 Å². The predicted octanol–water partition coefficient (Wildman–Crippen LogP) is 3.88. The van der Waals surface area contributed by atoms with Gasteiger partial charge in [0.1, 0.15) is 5.75 Å². The van der Waals surface area contributed by atoms with Crippen molar-refractivity contribution in [2.24, 2.45) is 4.99 Å². The molecular formula is C12H13F3N2OS. The van der Waals surface area contributed by atoms with E-state index in [0.29, 0.717) is 5.69 Å². The third-order valence-electron chi connectivity index (χ3n) is 2.43. The van der Waals surface area contributed by atoms with Crippen molar-refractivity contribution >= 4 is 22.6 Å². The van der Waals surface area contributed by atoms with Crippen molar-refractivity contribution in [1.29, 1.82) is 0 Å². The minimum absolute atomic E-state index is 0.235. The third-order valence-corrected chi connectivity index (χ3v) is 3.35. The molecule has 0 amide bonds. The van der Waals surface area contributed by atoms with Gasteiger partial charge in [-0.1, -0.05) is 17.8 Å². The van der Waals surface area contributed by atoms with Gasteiger partial charge < -0.3 is 10.1 Å². The standard InChI is InChI=1S/C12H13F3N2OS/c1-8-5-6-19-11(16-8)17-9-3-2-4-10(7-9)18-12(13,14)15/h2-4,7-8H,5-6H2,1H3,(H,16,17). The molecule has 1 aromatic carbocycles. The van der Waals surface area contributed by atoms with E-state index in [4.69, 9.17) is 0 Å². The number of hydrogen-bond donors (Lipinski definition) is 1. The highest BCUT2D eigenvalue weighted by molar-refractivity contribution is 8.14. The summed E-state index contributed by atoms with van der Waals surface area (Å²) in [5.74, 6) is 0.707. The molecule has 1 atom stereocenters. The van der Waals surface area contributed by atoms with E-state index in [-0.39, 0.29) is 11.8 Å². The van der Waals surface area contributed by atoms with Crippen molar-refractivity contribution in [3.63, 3.8) is 0 Å². The number of hydrogen-bond acceptors (Lipinski definition) is 4. The fraction of sp³-hybridized carbons (Fsp3) is 0.417. The largest absolute Gasteiger partial charge is 0.573 e. The molecule has 0 bridgehead atoms. The molecular weight excluding hydrogens is 277 g/mol. The monoisotopic (exact) mass is 290 g/mol. The van der Waals surface area contributed by atoms with Crippen LogP contribution in [0.3, 0.4) is 0 Å². The minimum atomic E-state index is -4.68. The summed E-state index contributed by atoms with van der Waals surface area (Å²) in [6, 6.07) is 5.97. The highest BCUT2D eigenvalue weighted by atomic mass is 32.2. The lowest BCUT2D eigenvalue weighted by atomic mass is 10.3. The van der Waals surface area contributed by atoms with Crippen LogP contribution in [0.1, 0.15) is 13.3 Å². The van der Waals surface area contributed by atoms with Crippen LogP contribution in [0.2, 0.25) is 0 Å². The number of thioether (sulfide) groups is 1. The molecule has 2 rings (SSSR count). The number of amidine groups is 1. The fourth-order valence-corrected chi connectivity index (χ4v) is 2.69. The summed E-state index contributed by atoms with van der Waals surface area (Å²) in [5.41, 5.74) is 0.530. The molecule has 1 aromatic rings. The quantitative estimate of drug-likeness (QED) is 0.897. The van der Waals surface area contributed by atoms with Crippen LogP contribution in [-0.2, 0) is 0 Å². The Morgan fingerprint density at radius 3 is 2.89 bits per heavy atom. The number of alkyl halides is 3. The number of anilines is 1. The Morgan fingerprint density at radius 1 is 1.42 bits per heavy atom. The zero-order chi connectivity index (χ0) is 13.9. The van der Waals surface area contributed by atoms with E-state index in [2.05, 4.69) is 15.0 Å². The van der Waals surface area contributed by atoms with Gasteiger partial charge in [0.2, 0.25) is 0 Å². The van der Waals surface area contributed by atoms with Gasteiger partial charge in [-0.25, -0.2) is 0 Å². The molecule has 1 unspecified atom stereocenters. The Bertz CT molecular complexity index is 476. The first-order valence-corrected chi connectivity index (χ1v) is 6.74. The van der Waals surface area contributed by atoms with Crippen LogP contribution >= 0.6 is 11.8 Å². The van der Waals surface area contributed by atoms with Gasteiger partial charge >= 0.3 is 6.36 Å². The number of rotatable bonds is 2. The number of nitrogens with one attached hydrogen (secondary N) is 1. The van der Waals surface area contributed by atoms with Crippen LogP contribution in [0.15, 0.2) is 29.3 Å². The first-order valence-electron chi connectivity index (χ1n) is 5.76. The highest BCUT2D eigenvalue weighted by Crippen LogP contribution is 2.26. The summed E-state index contributed by atoms with van der Waals surface area (Å²) in [4.78, 5) is 4.39.